The second-order valence-electron chi connectivity index (χ2n) is 3.55. The molecule has 76 valence electrons. The highest BCUT2D eigenvalue weighted by Gasteiger charge is 2.17. The van der Waals surface area contributed by atoms with Crippen LogP contribution in [0.25, 0.3) is 0 Å². The van der Waals surface area contributed by atoms with Crippen LogP contribution in [0, 0.1) is 0 Å². The Morgan fingerprint density at radius 1 is 1.21 bits per heavy atom. The van der Waals surface area contributed by atoms with Crippen molar-refractivity contribution >= 4 is 11.6 Å². The summed E-state index contributed by atoms with van der Waals surface area (Å²) in [7, 11) is 3.88. The third-order valence-electron chi connectivity index (χ3n) is 2.03. The Kier molecular flexibility index (Phi) is 3.19. The molecule has 0 spiro atoms. The third-order valence-corrected chi connectivity index (χ3v) is 2.03. The van der Waals surface area contributed by atoms with Crippen molar-refractivity contribution in [3.63, 3.8) is 0 Å². The fraction of sp³-hybridized carbons (Fsp3) is 0.400. The molecule has 2 N–H and O–H groups in total. The van der Waals surface area contributed by atoms with Crippen molar-refractivity contribution in [3.8, 4) is 0 Å². The van der Waals surface area contributed by atoms with Crippen LogP contribution in [0.1, 0.15) is 6.42 Å². The van der Waals surface area contributed by atoms with Crippen LogP contribution >= 0.6 is 0 Å². The summed E-state index contributed by atoms with van der Waals surface area (Å²) in [6.45, 7) is 0.807. The van der Waals surface area contributed by atoms with Crippen molar-refractivity contribution in [2.75, 3.05) is 20.6 Å². The van der Waals surface area contributed by atoms with E-state index in [1.54, 1.807) is 0 Å². The quantitative estimate of drug-likeness (QED) is 0.501. The molecule has 0 amide bonds. The Bertz CT molecular complexity index is 327. The number of hydrogen-bond acceptors (Lipinski definition) is 4. The second kappa shape index (κ2) is 4.19. The molecule has 0 radical (unpaired) electrons. The van der Waals surface area contributed by atoms with E-state index in [0.717, 1.165) is 12.1 Å². The highest BCUT2D eigenvalue weighted by Crippen LogP contribution is 2.14. The first kappa shape index (κ1) is 10.7. The smallest absolute Gasteiger partial charge is 0.227 e. The molecule has 0 unspecified atom stereocenters. The van der Waals surface area contributed by atoms with E-state index in [0.29, 0.717) is 12.1 Å². The number of ketones is 2. The van der Waals surface area contributed by atoms with Gasteiger partial charge in [-0.1, -0.05) is 0 Å². The zero-order valence-corrected chi connectivity index (χ0v) is 8.41. The van der Waals surface area contributed by atoms with Crippen molar-refractivity contribution < 1.29 is 9.59 Å². The molecule has 1 aliphatic carbocycles. The first-order valence-corrected chi connectivity index (χ1v) is 4.42. The minimum atomic E-state index is -0.531. The lowest BCUT2D eigenvalue weighted by Gasteiger charge is -2.14. The van der Waals surface area contributed by atoms with E-state index in [1.165, 1.54) is 12.2 Å². The lowest BCUT2D eigenvalue weighted by molar-refractivity contribution is -0.131. The Balaban J connectivity index is 2.70. The predicted octanol–water partition coefficient (Wildman–Crippen LogP) is -0.141. The fourth-order valence-electron chi connectivity index (χ4n) is 1.18. The van der Waals surface area contributed by atoms with Crippen LogP contribution in [0.3, 0.4) is 0 Å². The molecule has 0 heterocycles. The summed E-state index contributed by atoms with van der Waals surface area (Å²) in [4.78, 5) is 24.0. The van der Waals surface area contributed by atoms with Crippen LogP contribution in [0.5, 0.6) is 0 Å². The van der Waals surface area contributed by atoms with E-state index >= 15 is 0 Å². The SMILES string of the molecule is CN(C)CCC1=CC(=O)C(=O)C=C1N. The number of rotatable bonds is 3. The van der Waals surface area contributed by atoms with Gasteiger partial charge in [-0.3, -0.25) is 9.59 Å². The van der Waals surface area contributed by atoms with Crippen LogP contribution < -0.4 is 5.73 Å². The van der Waals surface area contributed by atoms with E-state index in [1.807, 2.05) is 19.0 Å². The third kappa shape index (κ3) is 2.53. The topological polar surface area (TPSA) is 63.4 Å². The van der Waals surface area contributed by atoms with Crippen molar-refractivity contribution in [1.29, 1.82) is 0 Å². The Morgan fingerprint density at radius 3 is 2.36 bits per heavy atom. The average molecular weight is 194 g/mol. The van der Waals surface area contributed by atoms with E-state index in [2.05, 4.69) is 0 Å². The zero-order chi connectivity index (χ0) is 10.7. The normalized spacial score (nSPS) is 17.1. The summed E-state index contributed by atoms with van der Waals surface area (Å²) in [5.41, 5.74) is 6.79. The summed E-state index contributed by atoms with van der Waals surface area (Å²) in [6.07, 6.45) is 3.23. The van der Waals surface area contributed by atoms with Crippen LogP contribution in [-0.4, -0.2) is 37.1 Å². The molecule has 0 aliphatic heterocycles. The second-order valence-corrected chi connectivity index (χ2v) is 3.55. The van der Waals surface area contributed by atoms with E-state index < -0.39 is 11.6 Å². The lowest BCUT2D eigenvalue weighted by atomic mass is 9.99. The molecule has 0 aromatic carbocycles. The minimum absolute atomic E-state index is 0.413. The molecule has 0 saturated carbocycles. The van der Waals surface area contributed by atoms with Gasteiger partial charge in [0.2, 0.25) is 11.6 Å². The Morgan fingerprint density at radius 2 is 1.79 bits per heavy atom. The van der Waals surface area contributed by atoms with Gasteiger partial charge in [0.25, 0.3) is 0 Å². The maximum Gasteiger partial charge on any atom is 0.227 e. The van der Waals surface area contributed by atoms with Gasteiger partial charge in [-0.2, -0.15) is 0 Å². The van der Waals surface area contributed by atoms with Gasteiger partial charge >= 0.3 is 0 Å². The molecular formula is C10H14N2O2. The molecular weight excluding hydrogens is 180 g/mol. The van der Waals surface area contributed by atoms with Crippen molar-refractivity contribution in [3.05, 3.63) is 23.4 Å². The van der Waals surface area contributed by atoms with Crippen molar-refractivity contribution in [1.82, 2.24) is 4.90 Å². The van der Waals surface area contributed by atoms with Crippen LogP contribution in [0.15, 0.2) is 23.4 Å². The standard InChI is InChI=1S/C10H14N2O2/c1-12(2)4-3-7-5-9(13)10(14)6-8(7)11/h5-6H,3-4,11H2,1-2H3. The van der Waals surface area contributed by atoms with E-state index in [4.69, 9.17) is 5.73 Å². The Labute approximate surface area is 83.1 Å². The van der Waals surface area contributed by atoms with Gasteiger partial charge in [-0.25, -0.2) is 0 Å². The largest absolute Gasteiger partial charge is 0.398 e. The summed E-state index contributed by atoms with van der Waals surface area (Å²) in [5.74, 6) is -1.01. The maximum atomic E-state index is 11.1. The first-order chi connectivity index (χ1) is 6.50. The summed E-state index contributed by atoms with van der Waals surface area (Å²) in [6, 6.07) is 0. The van der Waals surface area contributed by atoms with Gasteiger partial charge in [0, 0.05) is 18.3 Å². The molecule has 0 fully saturated rings. The van der Waals surface area contributed by atoms with Gasteiger partial charge < -0.3 is 10.6 Å². The number of carbonyl (C=O) groups excluding carboxylic acids is 2. The van der Waals surface area contributed by atoms with Crippen LogP contribution in [0.2, 0.25) is 0 Å². The molecule has 0 atom stereocenters. The van der Waals surface area contributed by atoms with Gasteiger partial charge in [0.15, 0.2) is 0 Å². The van der Waals surface area contributed by atoms with Crippen LogP contribution in [-0.2, 0) is 9.59 Å². The van der Waals surface area contributed by atoms with E-state index in [9.17, 15) is 9.59 Å². The van der Waals surface area contributed by atoms with Gasteiger partial charge in [0.1, 0.15) is 0 Å². The van der Waals surface area contributed by atoms with Crippen molar-refractivity contribution in [2.45, 2.75) is 6.42 Å². The maximum absolute atomic E-state index is 11.1. The molecule has 0 bridgehead atoms. The molecule has 14 heavy (non-hydrogen) atoms. The average Bonchev–Trinajstić information content (AvgIpc) is 2.09. The zero-order valence-electron chi connectivity index (χ0n) is 8.41. The van der Waals surface area contributed by atoms with Crippen molar-refractivity contribution in [2.24, 2.45) is 5.73 Å². The van der Waals surface area contributed by atoms with Gasteiger partial charge in [-0.15, -0.1) is 0 Å². The summed E-state index contributed by atoms with van der Waals surface area (Å²) in [5, 5.41) is 0. The summed E-state index contributed by atoms with van der Waals surface area (Å²) < 4.78 is 0. The number of carbonyl (C=O) groups is 2. The van der Waals surface area contributed by atoms with Gasteiger partial charge in [-0.05, 0) is 32.2 Å². The molecule has 4 heteroatoms. The fourth-order valence-corrected chi connectivity index (χ4v) is 1.18. The molecule has 1 rings (SSSR count). The van der Waals surface area contributed by atoms with Crippen LogP contribution in [0.4, 0.5) is 0 Å². The molecule has 0 aromatic heterocycles. The lowest BCUT2D eigenvalue weighted by Crippen LogP contribution is -2.21. The van der Waals surface area contributed by atoms with E-state index in [-0.39, 0.29) is 0 Å². The molecule has 0 saturated heterocycles. The predicted molar refractivity (Wildman–Crippen MR) is 53.5 cm³/mol. The Hall–Kier alpha value is -1.42. The number of nitrogens with zero attached hydrogens (tertiary/aromatic N) is 1. The molecule has 1 aliphatic rings. The highest BCUT2D eigenvalue weighted by atomic mass is 16.2. The molecule has 4 nitrogen and oxygen atoms in total. The number of nitrogens with two attached hydrogens (primary N) is 1. The minimum Gasteiger partial charge on any atom is -0.398 e. The number of allylic oxidation sites excluding steroid dienone is 3. The highest BCUT2D eigenvalue weighted by molar-refractivity contribution is 6.46. The number of hydrogen-bond donors (Lipinski definition) is 1. The molecule has 0 aromatic rings. The van der Waals surface area contributed by atoms with Gasteiger partial charge in [0.05, 0.1) is 0 Å². The monoisotopic (exact) mass is 194 g/mol. The first-order valence-electron chi connectivity index (χ1n) is 4.42. The summed E-state index contributed by atoms with van der Waals surface area (Å²) >= 11 is 0.